The lowest BCUT2D eigenvalue weighted by atomic mass is 9.94. The van der Waals surface area contributed by atoms with E-state index in [0.29, 0.717) is 13.0 Å². The molecule has 0 atom stereocenters. The SMILES string of the molecule is CCN(CC(N)=O)C(=O)CC1(N)CCCC1. The molecule has 1 saturated carbocycles. The minimum absolute atomic E-state index is 0.00852. The van der Waals surface area contributed by atoms with Crippen molar-refractivity contribution in [2.24, 2.45) is 11.5 Å². The van der Waals surface area contributed by atoms with Crippen molar-refractivity contribution in [2.75, 3.05) is 13.1 Å². The minimum atomic E-state index is -0.479. The molecule has 0 heterocycles. The molecule has 2 amide bonds. The molecule has 92 valence electrons. The highest BCUT2D eigenvalue weighted by Crippen LogP contribution is 2.30. The molecule has 5 nitrogen and oxygen atoms in total. The zero-order valence-corrected chi connectivity index (χ0v) is 9.87. The van der Waals surface area contributed by atoms with Crippen molar-refractivity contribution in [3.8, 4) is 0 Å². The second kappa shape index (κ2) is 5.30. The maximum absolute atomic E-state index is 11.9. The van der Waals surface area contributed by atoms with E-state index in [4.69, 9.17) is 11.5 Å². The van der Waals surface area contributed by atoms with Gasteiger partial charge in [-0.25, -0.2) is 0 Å². The molecule has 1 aliphatic rings. The number of hydrogen-bond acceptors (Lipinski definition) is 3. The molecule has 0 unspecified atom stereocenters. The van der Waals surface area contributed by atoms with E-state index in [1.807, 2.05) is 6.92 Å². The first-order valence-corrected chi connectivity index (χ1v) is 5.82. The van der Waals surface area contributed by atoms with E-state index in [2.05, 4.69) is 0 Å². The zero-order chi connectivity index (χ0) is 12.2. The molecule has 1 aliphatic carbocycles. The van der Waals surface area contributed by atoms with Crippen molar-refractivity contribution >= 4 is 11.8 Å². The van der Waals surface area contributed by atoms with Crippen LogP contribution >= 0.6 is 0 Å². The van der Waals surface area contributed by atoms with Crippen LogP contribution in [0.4, 0.5) is 0 Å². The van der Waals surface area contributed by atoms with E-state index in [1.165, 1.54) is 4.90 Å². The van der Waals surface area contributed by atoms with Gasteiger partial charge in [0.05, 0.1) is 6.54 Å². The van der Waals surface area contributed by atoms with Crippen LogP contribution in [0, 0.1) is 0 Å². The highest BCUT2D eigenvalue weighted by Gasteiger charge is 2.33. The van der Waals surface area contributed by atoms with Gasteiger partial charge in [0, 0.05) is 18.5 Å². The number of likely N-dealkylation sites (N-methyl/N-ethyl adjacent to an activating group) is 1. The summed E-state index contributed by atoms with van der Waals surface area (Å²) in [5, 5.41) is 0. The Bertz CT molecular complexity index is 272. The van der Waals surface area contributed by atoms with Crippen LogP contribution in [0.1, 0.15) is 39.0 Å². The molecule has 1 rings (SSSR count). The van der Waals surface area contributed by atoms with Gasteiger partial charge in [0.15, 0.2) is 0 Å². The monoisotopic (exact) mass is 227 g/mol. The van der Waals surface area contributed by atoms with E-state index in [1.54, 1.807) is 0 Å². The third-order valence-electron chi connectivity index (χ3n) is 3.18. The number of nitrogens with two attached hydrogens (primary N) is 2. The zero-order valence-electron chi connectivity index (χ0n) is 9.87. The van der Waals surface area contributed by atoms with Gasteiger partial charge in [0.1, 0.15) is 0 Å². The molecule has 0 aromatic carbocycles. The van der Waals surface area contributed by atoms with Crippen molar-refractivity contribution in [1.82, 2.24) is 4.90 Å². The molecule has 5 heteroatoms. The Labute approximate surface area is 96.1 Å². The van der Waals surface area contributed by atoms with Crippen molar-refractivity contribution in [2.45, 2.75) is 44.6 Å². The Hall–Kier alpha value is -1.10. The third kappa shape index (κ3) is 3.48. The second-order valence-electron chi connectivity index (χ2n) is 4.62. The van der Waals surface area contributed by atoms with Crippen LogP contribution in [-0.4, -0.2) is 35.3 Å². The highest BCUT2D eigenvalue weighted by molar-refractivity contribution is 5.84. The third-order valence-corrected chi connectivity index (χ3v) is 3.18. The maximum Gasteiger partial charge on any atom is 0.237 e. The van der Waals surface area contributed by atoms with Crippen LogP contribution in [0.2, 0.25) is 0 Å². The van der Waals surface area contributed by atoms with Crippen LogP contribution < -0.4 is 11.5 Å². The molecular formula is C11H21N3O2. The Kier molecular flexibility index (Phi) is 4.29. The summed E-state index contributed by atoms with van der Waals surface area (Å²) in [6, 6.07) is 0. The Morgan fingerprint density at radius 2 is 1.88 bits per heavy atom. The molecule has 1 fully saturated rings. The average molecular weight is 227 g/mol. The average Bonchev–Trinajstić information content (AvgIpc) is 2.60. The lowest BCUT2D eigenvalue weighted by Crippen LogP contribution is -2.45. The summed E-state index contributed by atoms with van der Waals surface area (Å²) in [7, 11) is 0. The molecule has 4 N–H and O–H groups in total. The fourth-order valence-corrected chi connectivity index (χ4v) is 2.23. The standard InChI is InChI=1S/C11H21N3O2/c1-2-14(8-9(12)15)10(16)7-11(13)5-3-4-6-11/h2-8,13H2,1H3,(H2,12,15). The number of carbonyl (C=O) groups is 2. The van der Waals surface area contributed by atoms with Gasteiger partial charge in [0.2, 0.25) is 11.8 Å². The van der Waals surface area contributed by atoms with Gasteiger partial charge in [0.25, 0.3) is 0 Å². The summed E-state index contributed by atoms with van der Waals surface area (Å²) in [4.78, 5) is 24.2. The quantitative estimate of drug-likeness (QED) is 0.691. The van der Waals surface area contributed by atoms with Crippen LogP contribution in [0.25, 0.3) is 0 Å². The van der Waals surface area contributed by atoms with Gasteiger partial charge in [-0.15, -0.1) is 0 Å². The predicted octanol–water partition coefficient (Wildman–Crippen LogP) is -0.0182. The molecule has 16 heavy (non-hydrogen) atoms. The molecule has 0 spiro atoms. The van der Waals surface area contributed by atoms with E-state index in [0.717, 1.165) is 25.7 Å². The van der Waals surface area contributed by atoms with E-state index >= 15 is 0 Å². The number of carbonyl (C=O) groups excluding carboxylic acids is 2. The van der Waals surface area contributed by atoms with Crippen molar-refractivity contribution in [3.05, 3.63) is 0 Å². The van der Waals surface area contributed by atoms with E-state index in [-0.39, 0.29) is 18.0 Å². The number of primary amides is 1. The molecule has 0 saturated heterocycles. The van der Waals surface area contributed by atoms with E-state index < -0.39 is 5.91 Å². The largest absolute Gasteiger partial charge is 0.368 e. The van der Waals surface area contributed by atoms with Crippen LogP contribution in [0.3, 0.4) is 0 Å². The Morgan fingerprint density at radius 1 is 1.31 bits per heavy atom. The number of hydrogen-bond donors (Lipinski definition) is 2. The molecule has 0 bridgehead atoms. The lowest BCUT2D eigenvalue weighted by molar-refractivity contribution is -0.136. The number of nitrogens with zero attached hydrogens (tertiary/aromatic N) is 1. The Balaban J connectivity index is 2.51. The van der Waals surface area contributed by atoms with Crippen LogP contribution in [0.5, 0.6) is 0 Å². The Morgan fingerprint density at radius 3 is 2.31 bits per heavy atom. The van der Waals surface area contributed by atoms with Crippen molar-refractivity contribution in [3.63, 3.8) is 0 Å². The first kappa shape index (κ1) is 13.0. The summed E-state index contributed by atoms with van der Waals surface area (Å²) in [6.07, 6.45) is 4.30. The van der Waals surface area contributed by atoms with Crippen molar-refractivity contribution in [1.29, 1.82) is 0 Å². The molecular weight excluding hydrogens is 206 g/mol. The number of rotatable bonds is 5. The van der Waals surface area contributed by atoms with Crippen LogP contribution in [-0.2, 0) is 9.59 Å². The number of amides is 2. The minimum Gasteiger partial charge on any atom is -0.368 e. The molecule has 0 radical (unpaired) electrons. The van der Waals surface area contributed by atoms with Gasteiger partial charge in [-0.1, -0.05) is 12.8 Å². The smallest absolute Gasteiger partial charge is 0.237 e. The fraction of sp³-hybridized carbons (Fsp3) is 0.818. The first-order valence-electron chi connectivity index (χ1n) is 5.82. The topological polar surface area (TPSA) is 89.4 Å². The van der Waals surface area contributed by atoms with Gasteiger partial charge in [-0.05, 0) is 19.8 Å². The lowest BCUT2D eigenvalue weighted by Gasteiger charge is -2.27. The van der Waals surface area contributed by atoms with Gasteiger partial charge >= 0.3 is 0 Å². The summed E-state index contributed by atoms with van der Waals surface area (Å²) in [6.45, 7) is 2.32. The van der Waals surface area contributed by atoms with Gasteiger partial charge in [-0.3, -0.25) is 9.59 Å². The summed E-state index contributed by atoms with van der Waals surface area (Å²) in [5.41, 5.74) is 10.8. The van der Waals surface area contributed by atoms with Gasteiger partial charge < -0.3 is 16.4 Å². The highest BCUT2D eigenvalue weighted by atomic mass is 16.2. The van der Waals surface area contributed by atoms with Gasteiger partial charge in [-0.2, -0.15) is 0 Å². The molecule has 0 aromatic rings. The fourth-order valence-electron chi connectivity index (χ4n) is 2.23. The van der Waals surface area contributed by atoms with Crippen LogP contribution in [0.15, 0.2) is 0 Å². The molecule has 0 aromatic heterocycles. The van der Waals surface area contributed by atoms with E-state index in [9.17, 15) is 9.59 Å². The van der Waals surface area contributed by atoms with Crippen molar-refractivity contribution < 1.29 is 9.59 Å². The first-order chi connectivity index (χ1) is 7.47. The maximum atomic E-state index is 11.9. The summed E-state index contributed by atoms with van der Waals surface area (Å²) >= 11 is 0. The normalized spacial score (nSPS) is 18.4. The summed E-state index contributed by atoms with van der Waals surface area (Å²) < 4.78 is 0. The molecule has 0 aliphatic heterocycles. The second-order valence-corrected chi connectivity index (χ2v) is 4.62. The summed E-state index contributed by atoms with van der Waals surface area (Å²) in [5.74, 6) is -0.543. The predicted molar refractivity (Wildman–Crippen MR) is 61.5 cm³/mol.